The maximum absolute atomic E-state index is 12.4. The van der Waals surface area contributed by atoms with E-state index in [9.17, 15) is 45.5 Å². The van der Waals surface area contributed by atoms with Crippen molar-refractivity contribution in [1.29, 1.82) is 0 Å². The number of hydrogen-bond donors (Lipinski definition) is 2. The van der Waals surface area contributed by atoms with E-state index in [0.29, 0.717) is 30.8 Å². The Labute approximate surface area is 421 Å². The first-order chi connectivity index (χ1) is 33.8. The normalized spacial score (nSPS) is 11.1. The molecule has 0 bridgehead atoms. The number of halogens is 1. The third kappa shape index (κ3) is 15.5. The third-order valence-electron chi connectivity index (χ3n) is 9.04. The maximum Gasteiger partial charge on any atom is 0.269 e. The summed E-state index contributed by atoms with van der Waals surface area (Å²) in [4.78, 5) is 19.7. The van der Waals surface area contributed by atoms with Crippen LogP contribution in [0.1, 0.15) is 10.0 Å². The van der Waals surface area contributed by atoms with E-state index in [4.69, 9.17) is 22.1 Å². The third-order valence-corrected chi connectivity index (χ3v) is 16.8. The van der Waals surface area contributed by atoms with Gasteiger partial charge in [-0.3, -0.25) is 20.2 Å². The number of nitro benzene ring substituents is 2. The minimum absolute atomic E-state index is 0.0181. The number of rotatable bonds is 12. The fourth-order valence-corrected chi connectivity index (χ4v) is 11.9. The number of sulfone groups is 2. The van der Waals surface area contributed by atoms with Crippen molar-refractivity contribution in [1.82, 2.24) is 30.6 Å². The number of benzene rings is 6. The predicted molar refractivity (Wildman–Crippen MR) is 272 cm³/mol. The van der Waals surface area contributed by atoms with Gasteiger partial charge in [-0.1, -0.05) is 125 Å². The van der Waals surface area contributed by atoms with Crippen LogP contribution in [0.15, 0.2) is 178 Å². The summed E-state index contributed by atoms with van der Waals surface area (Å²) < 4.78 is 70.9. The highest BCUT2D eigenvalue weighted by Crippen LogP contribution is 2.29. The Morgan fingerprint density at radius 2 is 0.761 bits per heavy atom. The highest BCUT2D eigenvalue weighted by molar-refractivity contribution is 8.13. The summed E-state index contributed by atoms with van der Waals surface area (Å²) in [7, 11) is -5.89. The largest absolute Gasteiger partial charge is 0.399 e. The fourth-order valence-electron chi connectivity index (χ4n) is 5.62. The van der Waals surface area contributed by atoms with E-state index in [1.165, 1.54) is 70.4 Å². The van der Waals surface area contributed by atoms with Gasteiger partial charge in [0.15, 0.2) is 19.7 Å². The minimum atomic E-state index is -3.80. The summed E-state index contributed by atoms with van der Waals surface area (Å²) in [6, 6.07) is 44.0. The zero-order valence-electron chi connectivity index (χ0n) is 36.1. The van der Waals surface area contributed by atoms with Gasteiger partial charge in [-0.05, 0) is 48.5 Å². The first-order valence-corrected chi connectivity index (χ1v) is 28.0. The van der Waals surface area contributed by atoms with Crippen molar-refractivity contribution in [2.45, 2.75) is 26.2 Å². The van der Waals surface area contributed by atoms with E-state index in [0.717, 1.165) is 46.0 Å². The molecular weight excluding hydrogens is 1060 g/mol. The van der Waals surface area contributed by atoms with Crippen LogP contribution >= 0.6 is 44.7 Å². The van der Waals surface area contributed by atoms with Crippen molar-refractivity contribution < 1.29 is 35.1 Å². The lowest BCUT2D eigenvalue weighted by Gasteiger charge is -2.02. The van der Waals surface area contributed by atoms with Crippen molar-refractivity contribution in [3.63, 3.8) is 0 Å². The number of hydrogen-bond acceptors (Lipinski definition) is 21. The molecular formula is C44H35ClN10O10S6. The molecule has 0 amide bonds. The van der Waals surface area contributed by atoms with E-state index in [1.54, 1.807) is 12.1 Å². The summed E-state index contributed by atoms with van der Waals surface area (Å²) in [5.74, 6) is -0.462. The van der Waals surface area contributed by atoms with Crippen LogP contribution in [0.4, 0.5) is 22.2 Å². The first kappa shape index (κ1) is 52.9. The van der Waals surface area contributed by atoms with Crippen LogP contribution in [0.3, 0.4) is 0 Å². The molecule has 3 aromatic heterocycles. The fraction of sp³-hybridized carbons (Fsp3) is 0.0455. The molecule has 0 aliphatic carbocycles. The van der Waals surface area contributed by atoms with Crippen LogP contribution < -0.4 is 11.5 Å². The molecule has 0 unspecified atom stereocenters. The Hall–Kier alpha value is -7.46. The number of non-ortho nitro benzene ring substituents is 2. The topological polar surface area (TPSA) is 318 Å². The average molecular weight is 1090 g/mol. The Morgan fingerprint density at radius 3 is 1.08 bits per heavy atom. The van der Waals surface area contributed by atoms with E-state index < -0.39 is 38.6 Å². The summed E-state index contributed by atoms with van der Waals surface area (Å²) in [6.45, 7) is 0. The lowest BCUT2D eigenvalue weighted by atomic mass is 10.2. The number of aromatic nitrogens is 6. The number of nitro groups is 2. The first-order valence-electron chi connectivity index (χ1n) is 19.9. The van der Waals surface area contributed by atoms with Gasteiger partial charge in [0, 0.05) is 57.3 Å². The van der Waals surface area contributed by atoms with E-state index >= 15 is 0 Å². The zero-order chi connectivity index (χ0) is 51.2. The Morgan fingerprint density at radius 1 is 0.437 bits per heavy atom. The summed E-state index contributed by atoms with van der Waals surface area (Å²) >= 11 is 3.89. The molecule has 0 radical (unpaired) electrons. The lowest BCUT2D eigenvalue weighted by molar-refractivity contribution is -0.385. The van der Waals surface area contributed by atoms with Gasteiger partial charge in [-0.25, -0.2) is 25.3 Å². The lowest BCUT2D eigenvalue weighted by Crippen LogP contribution is -2.05. The van der Waals surface area contributed by atoms with Crippen LogP contribution in [-0.2, 0) is 40.2 Å². The predicted octanol–water partition coefficient (Wildman–Crippen LogP) is 9.16. The van der Waals surface area contributed by atoms with E-state index in [1.807, 2.05) is 91.0 Å². The van der Waals surface area contributed by atoms with E-state index in [-0.39, 0.29) is 37.6 Å². The number of nitrogen functional groups attached to an aromatic ring is 2. The van der Waals surface area contributed by atoms with Gasteiger partial charge in [0.05, 0.1) is 24.5 Å². The Bertz CT molecular complexity index is 3560. The number of nitrogens with two attached hydrogens (primary N) is 2. The quantitative estimate of drug-likeness (QED) is 0.0498. The zero-order valence-corrected chi connectivity index (χ0v) is 41.8. The molecule has 0 aliphatic heterocycles. The Kier molecular flexibility index (Phi) is 17.8. The standard InChI is InChI=1S/C15H11N3O4S2.C15H13N3O2S2.C8H7N3S.C6H4ClNO4S/c19-18(20)12-6-8-13(9-7-12)24(21,22)10-14-16-17-15(23-14)11-4-2-1-3-5-11;16-12-6-8-13(9-7-12)22(19,20)10-14-17-18-15(21-14)11-4-2-1-3-5-11;9-8-11-10-7(12-8)6-4-2-1-3-5-6;7-13(11,12)6-3-1-5(2-4-6)8(9)10/h1-9H,10H2;1-9H,10,16H2;1-5H,(H2,9,11);1-4H. The second-order valence-corrected chi connectivity index (χ2v) is 23.8. The minimum Gasteiger partial charge on any atom is -0.399 e. The second-order valence-electron chi connectivity index (χ2n) is 14.1. The van der Waals surface area contributed by atoms with Gasteiger partial charge in [0.25, 0.3) is 20.4 Å². The van der Waals surface area contributed by atoms with Crippen LogP contribution in [0.25, 0.3) is 31.7 Å². The van der Waals surface area contributed by atoms with Crippen molar-refractivity contribution >= 4 is 95.6 Å². The highest BCUT2D eigenvalue weighted by Gasteiger charge is 2.21. The van der Waals surface area contributed by atoms with Gasteiger partial charge in [-0.2, -0.15) is 0 Å². The molecule has 3 heterocycles. The van der Waals surface area contributed by atoms with Gasteiger partial charge in [-0.15, -0.1) is 30.6 Å². The molecule has 6 aromatic carbocycles. The monoisotopic (exact) mass is 1090 g/mol. The molecule has 0 saturated heterocycles. The van der Waals surface area contributed by atoms with Crippen LogP contribution in [0.2, 0.25) is 0 Å². The molecule has 0 aliphatic rings. The summed E-state index contributed by atoms with van der Waals surface area (Å²) in [6.07, 6.45) is 0. The summed E-state index contributed by atoms with van der Waals surface area (Å²) in [5, 5.41) is 48.0. The van der Waals surface area contributed by atoms with Crippen LogP contribution in [0, 0.1) is 20.2 Å². The van der Waals surface area contributed by atoms with Crippen molar-refractivity contribution in [3.05, 3.63) is 194 Å². The molecule has 27 heteroatoms. The second kappa shape index (κ2) is 23.9. The molecule has 4 N–H and O–H groups in total. The Balaban J connectivity index is 0.000000161. The maximum atomic E-state index is 12.4. The molecule has 0 saturated carbocycles. The molecule has 0 fully saturated rings. The smallest absolute Gasteiger partial charge is 0.269 e. The summed E-state index contributed by atoms with van der Waals surface area (Å²) in [5.41, 5.74) is 14.1. The SMILES string of the molecule is Nc1ccc(S(=O)(=O)Cc2nnc(-c3ccccc3)s2)cc1.Nc1nnc(-c2ccccc2)s1.O=[N+]([O-])c1ccc(S(=O)(=O)Cc2nnc(-c3ccccc3)s2)cc1.O=[N+]([O-])c1ccc(S(=O)(=O)Cl)cc1. The van der Waals surface area contributed by atoms with Crippen LogP contribution in [-0.4, -0.2) is 65.7 Å². The van der Waals surface area contributed by atoms with Gasteiger partial charge in [0.2, 0.25) is 5.13 Å². The van der Waals surface area contributed by atoms with Crippen molar-refractivity contribution in [2.24, 2.45) is 0 Å². The van der Waals surface area contributed by atoms with Gasteiger partial charge < -0.3 is 11.5 Å². The van der Waals surface area contributed by atoms with Crippen molar-refractivity contribution in [2.75, 3.05) is 11.5 Å². The average Bonchev–Trinajstić information content (AvgIpc) is 4.15. The molecule has 20 nitrogen and oxygen atoms in total. The number of nitrogens with zero attached hydrogens (tertiary/aromatic N) is 8. The van der Waals surface area contributed by atoms with Crippen LogP contribution in [0.5, 0.6) is 0 Å². The molecule has 0 atom stereocenters. The highest BCUT2D eigenvalue weighted by atomic mass is 35.7. The molecule has 9 aromatic rings. The van der Waals surface area contributed by atoms with Crippen molar-refractivity contribution in [3.8, 4) is 31.7 Å². The van der Waals surface area contributed by atoms with Gasteiger partial charge in [0.1, 0.15) is 36.5 Å². The van der Waals surface area contributed by atoms with E-state index in [2.05, 4.69) is 30.6 Å². The molecule has 364 valence electrons. The molecule has 0 spiro atoms. The number of anilines is 2. The molecule has 71 heavy (non-hydrogen) atoms. The van der Waals surface area contributed by atoms with Gasteiger partial charge >= 0.3 is 0 Å². The molecule has 9 rings (SSSR count).